The van der Waals surface area contributed by atoms with Gasteiger partial charge >= 0.3 is 0 Å². The summed E-state index contributed by atoms with van der Waals surface area (Å²) in [6, 6.07) is 7.09. The molecule has 0 radical (unpaired) electrons. The minimum atomic E-state index is -3.41. The van der Waals surface area contributed by atoms with Crippen molar-refractivity contribution in [2.24, 2.45) is 5.41 Å². The SMILES string of the molecule is Cc1cccc(S(=O)(=O)N2CCC3(CCNC(=O)CC3)CC2)c1. The molecule has 1 N–H and O–H groups in total. The first-order valence-electron chi connectivity index (χ1n) is 8.25. The number of piperidine rings is 1. The Labute approximate surface area is 138 Å². The number of carbonyl (C=O) groups excluding carboxylic acids is 1. The number of hydrogen-bond acceptors (Lipinski definition) is 3. The lowest BCUT2D eigenvalue weighted by molar-refractivity contribution is -0.120. The number of hydrogen-bond donors (Lipinski definition) is 1. The van der Waals surface area contributed by atoms with E-state index in [4.69, 9.17) is 0 Å². The van der Waals surface area contributed by atoms with Crippen molar-refractivity contribution in [2.45, 2.75) is 43.9 Å². The summed E-state index contributed by atoms with van der Waals surface area (Å²) in [6.07, 6.45) is 4.07. The van der Waals surface area contributed by atoms with Crippen LogP contribution >= 0.6 is 0 Å². The number of carbonyl (C=O) groups is 1. The molecule has 126 valence electrons. The number of nitrogens with one attached hydrogen (secondary N) is 1. The Kier molecular flexibility index (Phi) is 4.47. The minimum Gasteiger partial charge on any atom is -0.356 e. The first-order valence-corrected chi connectivity index (χ1v) is 9.69. The molecule has 1 amide bonds. The van der Waals surface area contributed by atoms with Crippen LogP contribution in [0.3, 0.4) is 0 Å². The van der Waals surface area contributed by atoms with Crippen molar-refractivity contribution in [3.63, 3.8) is 0 Å². The highest BCUT2D eigenvalue weighted by Gasteiger charge is 2.39. The average molecular weight is 336 g/mol. The summed E-state index contributed by atoms with van der Waals surface area (Å²) in [5, 5.41) is 2.92. The number of nitrogens with zero attached hydrogens (tertiary/aromatic N) is 1. The quantitative estimate of drug-likeness (QED) is 0.899. The Morgan fingerprint density at radius 2 is 1.87 bits per heavy atom. The monoisotopic (exact) mass is 336 g/mol. The lowest BCUT2D eigenvalue weighted by Gasteiger charge is -2.40. The molecule has 0 aromatic heterocycles. The molecule has 2 saturated heterocycles. The molecule has 2 fully saturated rings. The van der Waals surface area contributed by atoms with Crippen LogP contribution in [0.1, 0.15) is 37.7 Å². The Bertz CT molecular complexity index is 692. The van der Waals surface area contributed by atoms with Crippen LogP contribution in [0.15, 0.2) is 29.2 Å². The molecule has 2 heterocycles. The van der Waals surface area contributed by atoms with Crippen LogP contribution in [0.2, 0.25) is 0 Å². The molecule has 0 aliphatic carbocycles. The van der Waals surface area contributed by atoms with Crippen LogP contribution in [0.4, 0.5) is 0 Å². The predicted octanol–water partition coefficient (Wildman–Crippen LogP) is 2.07. The van der Waals surface area contributed by atoms with Gasteiger partial charge in [0.15, 0.2) is 0 Å². The molecule has 3 rings (SSSR count). The van der Waals surface area contributed by atoms with Gasteiger partial charge in [-0.25, -0.2) is 8.42 Å². The van der Waals surface area contributed by atoms with Crippen molar-refractivity contribution >= 4 is 15.9 Å². The van der Waals surface area contributed by atoms with Crippen molar-refractivity contribution in [3.8, 4) is 0 Å². The van der Waals surface area contributed by atoms with Crippen LogP contribution in [0.25, 0.3) is 0 Å². The molecule has 1 aromatic rings. The normalized spacial score (nSPS) is 22.6. The fourth-order valence-corrected chi connectivity index (χ4v) is 5.23. The summed E-state index contributed by atoms with van der Waals surface area (Å²) in [5.41, 5.74) is 1.07. The van der Waals surface area contributed by atoms with Gasteiger partial charge in [0.05, 0.1) is 4.90 Å². The minimum absolute atomic E-state index is 0.122. The molecular weight excluding hydrogens is 312 g/mol. The van der Waals surface area contributed by atoms with Crippen molar-refractivity contribution in [3.05, 3.63) is 29.8 Å². The Morgan fingerprint density at radius 3 is 2.57 bits per heavy atom. The van der Waals surface area contributed by atoms with E-state index in [-0.39, 0.29) is 11.3 Å². The molecule has 0 unspecified atom stereocenters. The largest absolute Gasteiger partial charge is 0.356 e. The number of benzene rings is 1. The highest BCUT2D eigenvalue weighted by atomic mass is 32.2. The topological polar surface area (TPSA) is 66.5 Å². The molecule has 23 heavy (non-hydrogen) atoms. The van der Waals surface area contributed by atoms with Gasteiger partial charge in [0.1, 0.15) is 0 Å². The lowest BCUT2D eigenvalue weighted by atomic mass is 9.73. The van der Waals surface area contributed by atoms with E-state index >= 15 is 0 Å². The van der Waals surface area contributed by atoms with Gasteiger partial charge in [-0.3, -0.25) is 4.79 Å². The van der Waals surface area contributed by atoms with E-state index in [1.165, 1.54) is 0 Å². The highest BCUT2D eigenvalue weighted by Crippen LogP contribution is 2.41. The van der Waals surface area contributed by atoms with E-state index in [0.29, 0.717) is 31.0 Å². The summed E-state index contributed by atoms with van der Waals surface area (Å²) in [4.78, 5) is 11.9. The van der Waals surface area contributed by atoms with Crippen molar-refractivity contribution < 1.29 is 13.2 Å². The first-order chi connectivity index (χ1) is 10.9. The third-order valence-electron chi connectivity index (χ3n) is 5.27. The van der Waals surface area contributed by atoms with Gasteiger partial charge in [0, 0.05) is 26.1 Å². The second-order valence-electron chi connectivity index (χ2n) is 6.82. The number of aryl methyl sites for hydroxylation is 1. The maximum atomic E-state index is 12.8. The molecule has 0 saturated carbocycles. The maximum absolute atomic E-state index is 12.8. The lowest BCUT2D eigenvalue weighted by Crippen LogP contribution is -2.43. The van der Waals surface area contributed by atoms with Crippen LogP contribution in [-0.2, 0) is 14.8 Å². The maximum Gasteiger partial charge on any atom is 0.243 e. The van der Waals surface area contributed by atoms with Gasteiger partial charge < -0.3 is 5.32 Å². The van der Waals surface area contributed by atoms with Crippen LogP contribution < -0.4 is 5.32 Å². The standard InChI is InChI=1S/C17H24N2O3S/c1-14-3-2-4-15(13-14)23(21,22)19-11-8-17(9-12-19)6-5-16(20)18-10-7-17/h2-4,13H,5-12H2,1H3,(H,18,20). The molecule has 2 aliphatic rings. The van der Waals surface area contributed by atoms with E-state index < -0.39 is 10.0 Å². The third-order valence-corrected chi connectivity index (χ3v) is 7.16. The number of amides is 1. The molecule has 1 aromatic carbocycles. The third kappa shape index (κ3) is 3.43. The Hall–Kier alpha value is -1.40. The van der Waals surface area contributed by atoms with Crippen LogP contribution in [0, 0.1) is 12.3 Å². The summed E-state index contributed by atoms with van der Waals surface area (Å²) >= 11 is 0. The summed E-state index contributed by atoms with van der Waals surface area (Å²) < 4.78 is 27.2. The van der Waals surface area contributed by atoms with Crippen molar-refractivity contribution in [1.29, 1.82) is 0 Å². The van der Waals surface area contributed by atoms with E-state index in [0.717, 1.165) is 31.2 Å². The van der Waals surface area contributed by atoms with Gasteiger partial charge in [0.2, 0.25) is 15.9 Å². The van der Waals surface area contributed by atoms with Crippen LogP contribution in [0.5, 0.6) is 0 Å². The van der Waals surface area contributed by atoms with E-state index in [2.05, 4.69) is 5.32 Å². The smallest absolute Gasteiger partial charge is 0.243 e. The van der Waals surface area contributed by atoms with E-state index in [1.807, 2.05) is 13.0 Å². The Morgan fingerprint density at radius 1 is 1.13 bits per heavy atom. The van der Waals surface area contributed by atoms with Crippen LogP contribution in [-0.4, -0.2) is 38.3 Å². The molecule has 6 heteroatoms. The van der Waals surface area contributed by atoms with Gasteiger partial charge in [-0.05, 0) is 55.7 Å². The summed E-state index contributed by atoms with van der Waals surface area (Å²) in [6.45, 7) is 3.71. The molecule has 0 atom stereocenters. The second-order valence-corrected chi connectivity index (χ2v) is 8.76. The summed E-state index contributed by atoms with van der Waals surface area (Å²) in [7, 11) is -3.41. The number of rotatable bonds is 2. The molecule has 2 aliphatic heterocycles. The van der Waals surface area contributed by atoms with E-state index in [1.54, 1.807) is 22.5 Å². The molecule has 1 spiro atoms. The van der Waals surface area contributed by atoms with Crippen molar-refractivity contribution in [1.82, 2.24) is 9.62 Å². The van der Waals surface area contributed by atoms with Gasteiger partial charge in [0.25, 0.3) is 0 Å². The fraction of sp³-hybridized carbons (Fsp3) is 0.588. The second kappa shape index (κ2) is 6.24. The van der Waals surface area contributed by atoms with Gasteiger partial charge in [-0.2, -0.15) is 4.31 Å². The highest BCUT2D eigenvalue weighted by molar-refractivity contribution is 7.89. The fourth-order valence-electron chi connectivity index (χ4n) is 3.68. The van der Waals surface area contributed by atoms with E-state index in [9.17, 15) is 13.2 Å². The average Bonchev–Trinajstić information content (AvgIpc) is 2.70. The summed E-state index contributed by atoms with van der Waals surface area (Å²) in [5.74, 6) is 0.122. The number of sulfonamides is 1. The molecular formula is C17H24N2O3S. The Balaban J connectivity index is 1.72. The molecule has 5 nitrogen and oxygen atoms in total. The predicted molar refractivity (Wildman–Crippen MR) is 88.5 cm³/mol. The first kappa shape index (κ1) is 16.5. The van der Waals surface area contributed by atoms with Gasteiger partial charge in [-0.1, -0.05) is 12.1 Å². The zero-order chi connectivity index (χ0) is 16.5. The van der Waals surface area contributed by atoms with Gasteiger partial charge in [-0.15, -0.1) is 0 Å². The molecule has 0 bridgehead atoms. The zero-order valence-electron chi connectivity index (χ0n) is 13.5. The van der Waals surface area contributed by atoms with Crippen molar-refractivity contribution in [2.75, 3.05) is 19.6 Å². The zero-order valence-corrected chi connectivity index (χ0v) is 14.4.